The SMILES string of the molecule is C[C@@H]1CC(=O)C[C@H]2c3cc(OCc4cc(C(F)(F)F)cc(C(F)(F)F)c4)c(OCc4cc(C(F)(F)F)cc(C(F)(F)F)c4)cc3CCN12. The van der Waals surface area contributed by atoms with Crippen LogP contribution >= 0.6 is 0 Å². The zero-order valence-electron chi connectivity index (χ0n) is 24.7. The number of nitrogens with zero attached hydrogens (tertiary/aromatic N) is 1. The smallest absolute Gasteiger partial charge is 0.416 e. The lowest BCUT2D eigenvalue weighted by molar-refractivity contribution is -0.144. The van der Waals surface area contributed by atoms with Crippen molar-refractivity contribution >= 4 is 5.78 Å². The molecular weight excluding hydrogens is 674 g/mol. The molecule has 48 heavy (non-hydrogen) atoms. The second kappa shape index (κ2) is 12.5. The number of piperidine rings is 1. The third-order valence-electron chi connectivity index (χ3n) is 8.20. The first-order chi connectivity index (χ1) is 22.1. The van der Waals surface area contributed by atoms with Crippen LogP contribution in [0, 0.1) is 0 Å². The van der Waals surface area contributed by atoms with E-state index in [0.29, 0.717) is 54.8 Å². The molecule has 2 aliphatic heterocycles. The second-order valence-electron chi connectivity index (χ2n) is 11.7. The molecule has 0 saturated carbocycles. The Hall–Kier alpha value is -3.95. The van der Waals surface area contributed by atoms with Gasteiger partial charge in [-0.2, -0.15) is 52.7 Å². The van der Waals surface area contributed by atoms with Crippen LogP contribution in [-0.4, -0.2) is 23.3 Å². The Morgan fingerprint density at radius 3 is 1.46 bits per heavy atom. The van der Waals surface area contributed by atoms with Gasteiger partial charge in [-0.1, -0.05) is 0 Å². The first-order valence-electron chi connectivity index (χ1n) is 14.4. The summed E-state index contributed by atoms with van der Waals surface area (Å²) in [6, 6.07) is 3.91. The van der Waals surface area contributed by atoms with Gasteiger partial charge in [-0.15, -0.1) is 0 Å². The van der Waals surface area contributed by atoms with E-state index in [1.807, 2.05) is 6.92 Å². The fraction of sp³-hybridized carbons (Fsp3) is 0.406. The van der Waals surface area contributed by atoms with Crippen molar-refractivity contribution in [1.29, 1.82) is 0 Å². The summed E-state index contributed by atoms with van der Waals surface area (Å²) >= 11 is 0. The third kappa shape index (κ3) is 7.84. The lowest BCUT2D eigenvalue weighted by Crippen LogP contribution is -2.46. The van der Waals surface area contributed by atoms with Crippen LogP contribution < -0.4 is 9.47 Å². The number of rotatable bonds is 6. The minimum atomic E-state index is -5.13. The molecule has 0 aromatic heterocycles. The minimum absolute atomic E-state index is 0.0481. The van der Waals surface area contributed by atoms with Gasteiger partial charge in [-0.05, 0) is 84.1 Å². The zero-order valence-corrected chi connectivity index (χ0v) is 24.7. The molecule has 3 aromatic rings. The van der Waals surface area contributed by atoms with Gasteiger partial charge in [-0.3, -0.25) is 9.69 Å². The standard InChI is InChI=1S/C32H25F12NO3/c1-16-4-24(46)12-26-25-13-28(48-15-18-7-22(31(39,40)41)11-23(8-18)32(42,43)44)27(9-19(25)2-3-45(16)26)47-14-17-5-20(29(33,34)35)10-21(6-17)30(36,37)38/h5-11,13,16,26H,2-4,12,14-15H2,1H3/t16-,26+/m1/s1. The van der Waals surface area contributed by atoms with Gasteiger partial charge in [0.25, 0.3) is 0 Å². The van der Waals surface area contributed by atoms with E-state index in [1.165, 1.54) is 12.1 Å². The van der Waals surface area contributed by atoms with Gasteiger partial charge in [0.2, 0.25) is 0 Å². The summed E-state index contributed by atoms with van der Waals surface area (Å²) in [5.41, 5.74) is -6.23. The minimum Gasteiger partial charge on any atom is -0.485 e. The fourth-order valence-corrected chi connectivity index (χ4v) is 5.98. The molecule has 16 heteroatoms. The number of hydrogen-bond donors (Lipinski definition) is 0. The average molecular weight is 700 g/mol. The van der Waals surface area contributed by atoms with E-state index in [1.54, 1.807) is 0 Å². The van der Waals surface area contributed by atoms with Crippen molar-refractivity contribution in [3.8, 4) is 11.5 Å². The summed E-state index contributed by atoms with van der Waals surface area (Å²) in [6.07, 6.45) is -19.7. The Balaban J connectivity index is 1.53. The molecular formula is C32H25F12NO3. The number of ether oxygens (including phenoxy) is 2. The van der Waals surface area contributed by atoms with E-state index in [9.17, 15) is 57.5 Å². The van der Waals surface area contributed by atoms with Crippen LogP contribution in [0.25, 0.3) is 0 Å². The molecule has 0 radical (unpaired) electrons. The molecule has 0 N–H and O–H groups in total. The van der Waals surface area contributed by atoms with Gasteiger partial charge >= 0.3 is 24.7 Å². The highest BCUT2D eigenvalue weighted by atomic mass is 19.4. The van der Waals surface area contributed by atoms with Crippen molar-refractivity contribution < 1.29 is 67.0 Å². The van der Waals surface area contributed by atoms with Gasteiger partial charge in [-0.25, -0.2) is 0 Å². The van der Waals surface area contributed by atoms with E-state index in [4.69, 9.17) is 9.47 Å². The molecule has 2 atom stereocenters. The third-order valence-corrected chi connectivity index (χ3v) is 8.20. The van der Waals surface area contributed by atoms with Crippen molar-refractivity contribution in [2.75, 3.05) is 6.54 Å². The van der Waals surface area contributed by atoms with Crippen molar-refractivity contribution in [3.63, 3.8) is 0 Å². The van der Waals surface area contributed by atoms with Crippen LogP contribution in [0.15, 0.2) is 48.5 Å². The van der Waals surface area contributed by atoms with Crippen LogP contribution in [0.1, 0.15) is 70.3 Å². The summed E-state index contributed by atoms with van der Waals surface area (Å²) in [5, 5.41) is 0. The first kappa shape index (κ1) is 35.4. The number of alkyl halides is 12. The van der Waals surface area contributed by atoms with Crippen LogP contribution in [0.5, 0.6) is 11.5 Å². The molecule has 260 valence electrons. The molecule has 2 aliphatic rings. The van der Waals surface area contributed by atoms with Crippen LogP contribution in [0.3, 0.4) is 0 Å². The summed E-state index contributed by atoms with van der Waals surface area (Å²) in [6.45, 7) is 0.654. The second-order valence-corrected chi connectivity index (χ2v) is 11.7. The molecule has 3 aromatic carbocycles. The lowest BCUT2D eigenvalue weighted by Gasteiger charge is -2.44. The highest BCUT2D eigenvalue weighted by Crippen LogP contribution is 2.44. The first-order valence-corrected chi connectivity index (χ1v) is 14.4. The highest BCUT2D eigenvalue weighted by molar-refractivity contribution is 5.81. The maximum atomic E-state index is 13.4. The van der Waals surface area contributed by atoms with Gasteiger partial charge in [0.05, 0.1) is 22.3 Å². The molecule has 5 rings (SSSR count). The number of carbonyl (C=O) groups excluding carboxylic acids is 1. The normalized spacial score (nSPS) is 19.1. The van der Waals surface area contributed by atoms with Crippen molar-refractivity contribution in [1.82, 2.24) is 4.90 Å². The van der Waals surface area contributed by atoms with E-state index in [-0.39, 0.29) is 41.9 Å². The summed E-state index contributed by atoms with van der Waals surface area (Å²) < 4.78 is 172. The number of carbonyl (C=O) groups is 1. The van der Waals surface area contributed by atoms with E-state index >= 15 is 0 Å². The lowest BCUT2D eigenvalue weighted by atomic mass is 9.84. The number of ketones is 1. The Morgan fingerprint density at radius 2 is 1.04 bits per heavy atom. The predicted octanol–water partition coefficient (Wildman–Crippen LogP) is 9.57. The molecule has 2 heterocycles. The topological polar surface area (TPSA) is 38.8 Å². The monoisotopic (exact) mass is 699 g/mol. The fourth-order valence-electron chi connectivity index (χ4n) is 5.98. The van der Waals surface area contributed by atoms with E-state index in [0.717, 1.165) is 0 Å². The molecule has 4 nitrogen and oxygen atoms in total. The molecule has 0 unspecified atom stereocenters. The maximum Gasteiger partial charge on any atom is 0.416 e. The molecule has 0 spiro atoms. The summed E-state index contributed by atoms with van der Waals surface area (Å²) in [4.78, 5) is 14.5. The Morgan fingerprint density at radius 1 is 0.625 bits per heavy atom. The molecule has 1 fully saturated rings. The summed E-state index contributed by atoms with van der Waals surface area (Å²) in [7, 11) is 0. The van der Waals surface area contributed by atoms with Gasteiger partial charge < -0.3 is 9.47 Å². The molecule has 0 bridgehead atoms. The number of Topliss-reactive ketones (excluding diaryl/α,β-unsaturated/α-hetero) is 1. The van der Waals surface area contributed by atoms with Crippen LogP contribution in [0.4, 0.5) is 52.7 Å². The number of halogens is 12. The number of benzene rings is 3. The molecule has 0 aliphatic carbocycles. The Labute approximate surface area is 265 Å². The van der Waals surface area contributed by atoms with Gasteiger partial charge in [0.15, 0.2) is 11.5 Å². The number of fused-ring (bicyclic) bond motifs is 3. The van der Waals surface area contributed by atoms with E-state index < -0.39 is 77.3 Å². The maximum absolute atomic E-state index is 13.4. The summed E-state index contributed by atoms with van der Waals surface area (Å²) in [5.74, 6) is -0.533. The van der Waals surface area contributed by atoms with Crippen molar-refractivity contribution in [2.45, 2.75) is 76.2 Å². The van der Waals surface area contributed by atoms with Crippen LogP contribution in [-0.2, 0) is 49.1 Å². The molecule has 1 saturated heterocycles. The van der Waals surface area contributed by atoms with E-state index in [2.05, 4.69) is 4.90 Å². The average Bonchev–Trinajstić information content (AvgIpc) is 2.96. The zero-order chi connectivity index (χ0) is 35.4. The predicted molar refractivity (Wildman–Crippen MR) is 145 cm³/mol. The Bertz CT molecular complexity index is 1630. The van der Waals surface area contributed by atoms with Gasteiger partial charge in [0, 0.05) is 31.5 Å². The highest BCUT2D eigenvalue weighted by Gasteiger charge is 2.40. The van der Waals surface area contributed by atoms with Gasteiger partial charge in [0.1, 0.15) is 19.0 Å². The molecule has 0 amide bonds. The number of hydrogen-bond acceptors (Lipinski definition) is 4. The van der Waals surface area contributed by atoms with Crippen molar-refractivity contribution in [2.24, 2.45) is 0 Å². The largest absolute Gasteiger partial charge is 0.485 e. The Kier molecular flexibility index (Phi) is 9.20. The quantitative estimate of drug-likeness (QED) is 0.241. The van der Waals surface area contributed by atoms with Crippen LogP contribution in [0.2, 0.25) is 0 Å². The van der Waals surface area contributed by atoms with Crippen molar-refractivity contribution in [3.05, 3.63) is 93.0 Å².